The fourth-order valence-corrected chi connectivity index (χ4v) is 2.64. The Kier molecular flexibility index (Phi) is 5.91. The lowest BCUT2D eigenvalue weighted by atomic mass is 10.3. The second-order valence-electron chi connectivity index (χ2n) is 4.26. The summed E-state index contributed by atoms with van der Waals surface area (Å²) in [4.78, 5) is 11.1. The number of carbonyl (C=O) groups is 1. The molecular formula is C12H15ClFNO4S. The molecule has 0 heterocycles. The van der Waals surface area contributed by atoms with Crippen molar-refractivity contribution in [1.29, 1.82) is 0 Å². The van der Waals surface area contributed by atoms with Crippen molar-refractivity contribution in [3.8, 4) is 0 Å². The van der Waals surface area contributed by atoms with E-state index in [0.717, 1.165) is 18.2 Å². The zero-order valence-electron chi connectivity index (χ0n) is 11.0. The Bertz CT molecular complexity index is 589. The molecule has 0 aliphatic heterocycles. The van der Waals surface area contributed by atoms with Crippen LogP contribution in [0, 0.1) is 5.82 Å². The number of ether oxygens (including phenoxy) is 1. The van der Waals surface area contributed by atoms with Gasteiger partial charge in [0.25, 0.3) is 0 Å². The van der Waals surface area contributed by atoms with Crippen molar-refractivity contribution in [2.75, 3.05) is 6.54 Å². The molecule has 0 spiro atoms. The lowest BCUT2D eigenvalue weighted by Crippen LogP contribution is -2.27. The molecule has 0 aliphatic rings. The minimum Gasteiger partial charge on any atom is -0.463 e. The van der Waals surface area contributed by atoms with Crippen LogP contribution in [-0.2, 0) is 19.6 Å². The summed E-state index contributed by atoms with van der Waals surface area (Å²) in [6, 6.07) is 3.06. The van der Waals surface area contributed by atoms with E-state index in [4.69, 9.17) is 16.3 Å². The first-order valence-corrected chi connectivity index (χ1v) is 7.72. The third kappa shape index (κ3) is 5.07. The number of nitrogens with one attached hydrogen (secondary N) is 1. The van der Waals surface area contributed by atoms with Crippen LogP contribution in [0.15, 0.2) is 23.1 Å². The van der Waals surface area contributed by atoms with Gasteiger partial charge in [-0.25, -0.2) is 17.5 Å². The van der Waals surface area contributed by atoms with Crippen molar-refractivity contribution in [3.63, 3.8) is 0 Å². The zero-order chi connectivity index (χ0) is 15.3. The van der Waals surface area contributed by atoms with Gasteiger partial charge < -0.3 is 4.74 Å². The monoisotopic (exact) mass is 323 g/mol. The molecule has 0 amide bonds. The molecule has 0 aliphatic carbocycles. The van der Waals surface area contributed by atoms with Crippen LogP contribution in [0.3, 0.4) is 0 Å². The van der Waals surface area contributed by atoms with E-state index in [-0.39, 0.29) is 29.0 Å². The van der Waals surface area contributed by atoms with Gasteiger partial charge in [0.15, 0.2) is 0 Å². The summed E-state index contributed by atoms with van der Waals surface area (Å²) in [7, 11) is -3.83. The third-order valence-corrected chi connectivity index (χ3v) is 3.94. The van der Waals surface area contributed by atoms with Crippen molar-refractivity contribution >= 4 is 27.6 Å². The Hall–Kier alpha value is -1.18. The number of esters is 1. The number of hydrogen-bond donors (Lipinski definition) is 1. The van der Waals surface area contributed by atoms with E-state index in [9.17, 15) is 17.6 Å². The van der Waals surface area contributed by atoms with Gasteiger partial charge in [0, 0.05) is 6.54 Å². The summed E-state index contributed by atoms with van der Waals surface area (Å²) in [5, 5.41) is -0.285. The molecule has 0 bridgehead atoms. The van der Waals surface area contributed by atoms with E-state index < -0.39 is 21.8 Å². The molecule has 8 heteroatoms. The predicted molar refractivity (Wildman–Crippen MR) is 72.4 cm³/mol. The summed E-state index contributed by atoms with van der Waals surface area (Å²) in [5.41, 5.74) is 0. The Morgan fingerprint density at radius 1 is 1.45 bits per heavy atom. The van der Waals surface area contributed by atoms with Gasteiger partial charge in [-0.2, -0.15) is 0 Å². The van der Waals surface area contributed by atoms with Gasteiger partial charge >= 0.3 is 5.97 Å². The van der Waals surface area contributed by atoms with Gasteiger partial charge in [-0.1, -0.05) is 11.6 Å². The van der Waals surface area contributed by atoms with Crippen LogP contribution in [0.1, 0.15) is 20.3 Å². The minimum atomic E-state index is -3.83. The van der Waals surface area contributed by atoms with Gasteiger partial charge in [0.05, 0.1) is 22.4 Å². The highest BCUT2D eigenvalue weighted by molar-refractivity contribution is 7.89. The van der Waals surface area contributed by atoms with Crippen molar-refractivity contribution in [2.24, 2.45) is 0 Å². The molecule has 0 atom stereocenters. The highest BCUT2D eigenvalue weighted by Gasteiger charge is 2.16. The molecule has 0 fully saturated rings. The van der Waals surface area contributed by atoms with E-state index >= 15 is 0 Å². The smallest absolute Gasteiger partial charge is 0.307 e. The second kappa shape index (κ2) is 7.01. The van der Waals surface area contributed by atoms with Crippen molar-refractivity contribution < 1.29 is 22.3 Å². The van der Waals surface area contributed by atoms with Crippen LogP contribution >= 0.6 is 11.6 Å². The van der Waals surface area contributed by atoms with E-state index in [2.05, 4.69) is 4.72 Å². The molecule has 0 radical (unpaired) electrons. The Morgan fingerprint density at radius 2 is 2.10 bits per heavy atom. The number of rotatable bonds is 6. The van der Waals surface area contributed by atoms with Gasteiger partial charge in [-0.15, -0.1) is 0 Å². The Labute approximate surface area is 122 Å². The molecule has 0 aromatic heterocycles. The molecule has 20 heavy (non-hydrogen) atoms. The maximum absolute atomic E-state index is 13.0. The molecule has 112 valence electrons. The predicted octanol–water partition coefficient (Wildman–Crippen LogP) is 2.10. The first-order chi connectivity index (χ1) is 9.22. The van der Waals surface area contributed by atoms with E-state index in [1.54, 1.807) is 13.8 Å². The van der Waals surface area contributed by atoms with Crippen LogP contribution < -0.4 is 4.72 Å². The molecule has 0 saturated heterocycles. The van der Waals surface area contributed by atoms with Crippen LogP contribution in [0.25, 0.3) is 0 Å². The number of benzene rings is 1. The average molecular weight is 324 g/mol. The lowest BCUT2D eigenvalue weighted by molar-refractivity contribution is -0.147. The number of hydrogen-bond acceptors (Lipinski definition) is 4. The summed E-state index contributed by atoms with van der Waals surface area (Å²) < 4.78 is 43.7. The van der Waals surface area contributed by atoms with E-state index in [1.165, 1.54) is 0 Å². The Balaban J connectivity index is 2.62. The first-order valence-electron chi connectivity index (χ1n) is 5.86. The number of carbonyl (C=O) groups excluding carboxylic acids is 1. The lowest BCUT2D eigenvalue weighted by Gasteiger charge is -2.09. The van der Waals surface area contributed by atoms with Gasteiger partial charge in [-0.05, 0) is 32.0 Å². The zero-order valence-corrected chi connectivity index (χ0v) is 12.6. The summed E-state index contributed by atoms with van der Waals surface area (Å²) in [5.74, 6) is -1.20. The molecule has 1 N–H and O–H groups in total. The minimum absolute atomic E-state index is 0.0909. The molecule has 0 unspecified atom stereocenters. The maximum Gasteiger partial charge on any atom is 0.307 e. The molecule has 5 nitrogen and oxygen atoms in total. The van der Waals surface area contributed by atoms with Crippen LogP contribution in [0.2, 0.25) is 5.02 Å². The first kappa shape index (κ1) is 16.9. The van der Waals surface area contributed by atoms with Crippen LogP contribution in [0.5, 0.6) is 0 Å². The quantitative estimate of drug-likeness (QED) is 0.814. The van der Waals surface area contributed by atoms with E-state index in [0.29, 0.717) is 0 Å². The largest absolute Gasteiger partial charge is 0.463 e. The normalized spacial score (nSPS) is 11.7. The summed E-state index contributed by atoms with van der Waals surface area (Å²) in [6.07, 6.45) is -0.346. The van der Waals surface area contributed by atoms with Crippen LogP contribution in [0.4, 0.5) is 4.39 Å². The topological polar surface area (TPSA) is 72.5 Å². The van der Waals surface area contributed by atoms with Crippen molar-refractivity contribution in [2.45, 2.75) is 31.3 Å². The third-order valence-electron chi connectivity index (χ3n) is 2.19. The summed E-state index contributed by atoms with van der Waals surface area (Å²) in [6.45, 7) is 3.29. The molecule has 1 aromatic rings. The second-order valence-corrected chi connectivity index (χ2v) is 6.44. The Morgan fingerprint density at radius 3 is 2.65 bits per heavy atom. The van der Waals surface area contributed by atoms with Crippen LogP contribution in [-0.4, -0.2) is 27.0 Å². The van der Waals surface area contributed by atoms with Gasteiger partial charge in [0.1, 0.15) is 5.82 Å². The van der Waals surface area contributed by atoms with Gasteiger partial charge in [-0.3, -0.25) is 4.79 Å². The molecular weight excluding hydrogens is 309 g/mol. The number of halogens is 2. The fourth-order valence-electron chi connectivity index (χ4n) is 1.34. The fraction of sp³-hybridized carbons (Fsp3) is 0.417. The van der Waals surface area contributed by atoms with E-state index in [1.807, 2.05) is 0 Å². The average Bonchev–Trinajstić information content (AvgIpc) is 2.31. The standard InChI is InChI=1S/C12H15ClFNO4S/c1-8(2)19-12(16)5-6-15-20(17,18)9-3-4-11(14)10(13)7-9/h3-4,7-8,15H,5-6H2,1-2H3. The molecule has 1 rings (SSSR count). The molecule has 1 aromatic carbocycles. The highest BCUT2D eigenvalue weighted by atomic mass is 35.5. The number of sulfonamides is 1. The van der Waals surface area contributed by atoms with Gasteiger partial charge in [0.2, 0.25) is 10.0 Å². The van der Waals surface area contributed by atoms with Crippen molar-refractivity contribution in [1.82, 2.24) is 4.72 Å². The maximum atomic E-state index is 13.0. The SMILES string of the molecule is CC(C)OC(=O)CCNS(=O)(=O)c1ccc(F)c(Cl)c1. The summed E-state index contributed by atoms with van der Waals surface area (Å²) >= 11 is 5.52. The van der Waals surface area contributed by atoms with Crippen molar-refractivity contribution in [3.05, 3.63) is 29.0 Å². The highest BCUT2D eigenvalue weighted by Crippen LogP contribution is 2.19. The molecule has 0 saturated carbocycles.